The van der Waals surface area contributed by atoms with Gasteiger partial charge in [-0.3, -0.25) is 9.10 Å². The fourth-order valence-electron chi connectivity index (χ4n) is 2.93. The minimum Gasteiger partial charge on any atom is -0.494 e. The Morgan fingerprint density at radius 2 is 2.11 bits per heavy atom. The van der Waals surface area contributed by atoms with Crippen LogP contribution in [0.3, 0.4) is 0 Å². The summed E-state index contributed by atoms with van der Waals surface area (Å²) in [5, 5.41) is 3.18. The Labute approximate surface area is 169 Å². The average Bonchev–Trinajstić information content (AvgIpc) is 2.81. The van der Waals surface area contributed by atoms with Crippen LogP contribution < -0.4 is 19.1 Å². The third-order valence-corrected chi connectivity index (χ3v) is 5.57. The number of hydrogen-bond donors (Lipinski definition) is 1. The van der Waals surface area contributed by atoms with Crippen LogP contribution in [-0.2, 0) is 14.8 Å². The summed E-state index contributed by atoms with van der Waals surface area (Å²) in [6, 6.07) is 11.7. The van der Waals surface area contributed by atoms with Gasteiger partial charge in [-0.05, 0) is 37.3 Å². The molecule has 0 radical (unpaired) electrons. The van der Waals surface area contributed by atoms with Gasteiger partial charge in [0.2, 0.25) is 10.0 Å². The molecule has 1 amide bonds. The molecule has 0 spiro atoms. The van der Waals surface area contributed by atoms with Crippen molar-refractivity contribution in [2.24, 2.45) is 0 Å². The first-order chi connectivity index (χ1) is 13.3. The number of carbonyl (C=O) groups excluding carboxylic acids is 1. The quantitative estimate of drug-likeness (QED) is 0.796. The number of rotatable bonds is 5. The van der Waals surface area contributed by atoms with Crippen molar-refractivity contribution >= 4 is 38.9 Å². The number of sulfonamides is 1. The average molecular weight is 425 g/mol. The number of benzene rings is 2. The summed E-state index contributed by atoms with van der Waals surface area (Å²) >= 11 is 6.02. The molecule has 1 N–H and O–H groups in total. The van der Waals surface area contributed by atoms with Gasteiger partial charge in [-0.25, -0.2) is 8.42 Å². The van der Waals surface area contributed by atoms with Crippen molar-refractivity contribution in [3.63, 3.8) is 0 Å². The number of halogens is 1. The topological polar surface area (TPSA) is 84.9 Å². The number of carbonyl (C=O) groups is 1. The van der Waals surface area contributed by atoms with Gasteiger partial charge >= 0.3 is 0 Å². The van der Waals surface area contributed by atoms with E-state index in [0.717, 1.165) is 6.26 Å². The smallest absolute Gasteiger partial charge is 0.265 e. The molecule has 9 heteroatoms. The van der Waals surface area contributed by atoms with Crippen LogP contribution in [0.2, 0.25) is 5.02 Å². The van der Waals surface area contributed by atoms with Crippen molar-refractivity contribution in [1.29, 1.82) is 0 Å². The lowest BCUT2D eigenvalue weighted by Crippen LogP contribution is -2.35. The Hall–Kier alpha value is -2.45. The molecule has 0 saturated heterocycles. The van der Waals surface area contributed by atoms with E-state index in [1.165, 1.54) is 10.4 Å². The predicted octanol–water partition coefficient (Wildman–Crippen LogP) is 3.29. The summed E-state index contributed by atoms with van der Waals surface area (Å²) in [4.78, 5) is 12.8. The molecule has 1 atom stereocenters. The molecule has 2 aromatic carbocycles. The number of ether oxygens (including phenoxy) is 2. The minimum absolute atomic E-state index is 0.100. The molecular formula is C19H21ClN2O5S. The highest BCUT2D eigenvalue weighted by molar-refractivity contribution is 7.92. The van der Waals surface area contributed by atoms with Gasteiger partial charge in [0.25, 0.3) is 5.91 Å². The van der Waals surface area contributed by atoms with Gasteiger partial charge in [-0.1, -0.05) is 17.7 Å². The van der Waals surface area contributed by atoms with Crippen molar-refractivity contribution < 1.29 is 22.7 Å². The first-order valence-electron chi connectivity index (χ1n) is 8.75. The zero-order chi connectivity index (χ0) is 20.3. The molecule has 0 fully saturated rings. The Balaban J connectivity index is 1.83. The molecule has 7 nitrogen and oxygen atoms in total. The monoisotopic (exact) mass is 424 g/mol. The lowest BCUT2D eigenvalue weighted by Gasteiger charge is -2.21. The minimum atomic E-state index is -3.55. The van der Waals surface area contributed by atoms with Crippen LogP contribution in [0.25, 0.3) is 0 Å². The van der Waals surface area contributed by atoms with Crippen molar-refractivity contribution in [1.82, 2.24) is 0 Å². The van der Waals surface area contributed by atoms with Crippen LogP contribution in [0.15, 0.2) is 42.5 Å². The number of amides is 1. The molecule has 150 valence electrons. The Morgan fingerprint density at radius 3 is 2.82 bits per heavy atom. The van der Waals surface area contributed by atoms with Crippen LogP contribution in [0, 0.1) is 0 Å². The molecule has 2 aromatic rings. The van der Waals surface area contributed by atoms with Gasteiger partial charge < -0.3 is 14.8 Å². The van der Waals surface area contributed by atoms with Crippen LogP contribution in [-0.4, -0.2) is 39.8 Å². The van der Waals surface area contributed by atoms with E-state index in [-0.39, 0.29) is 24.6 Å². The van der Waals surface area contributed by atoms with E-state index in [2.05, 4.69) is 5.32 Å². The van der Waals surface area contributed by atoms with Gasteiger partial charge in [0.1, 0.15) is 11.5 Å². The van der Waals surface area contributed by atoms with Gasteiger partial charge in [-0.2, -0.15) is 0 Å². The highest BCUT2D eigenvalue weighted by Crippen LogP contribution is 2.36. The standard InChI is InChI=1S/C19H21ClN2O5S/c1-3-26-15-6-4-5-14(12-15)21-19(23)18-9-10-22(28(2,24)25)16-11-13(20)7-8-17(16)27-18/h4-8,11-12,18H,3,9-10H2,1-2H3,(H,21,23). The predicted molar refractivity (Wildman–Crippen MR) is 109 cm³/mol. The van der Waals surface area contributed by atoms with Crippen LogP contribution >= 0.6 is 11.6 Å². The molecule has 0 aromatic heterocycles. The van der Waals surface area contributed by atoms with Gasteiger partial charge in [-0.15, -0.1) is 0 Å². The number of hydrogen-bond acceptors (Lipinski definition) is 5. The maximum Gasteiger partial charge on any atom is 0.265 e. The van der Waals surface area contributed by atoms with E-state index in [0.29, 0.717) is 28.8 Å². The molecule has 0 bridgehead atoms. The van der Waals surface area contributed by atoms with Gasteiger partial charge in [0.15, 0.2) is 6.10 Å². The fourth-order valence-corrected chi connectivity index (χ4v) is 4.04. The fraction of sp³-hybridized carbons (Fsp3) is 0.316. The third-order valence-electron chi connectivity index (χ3n) is 4.16. The molecule has 1 unspecified atom stereocenters. The van der Waals surface area contributed by atoms with E-state index in [9.17, 15) is 13.2 Å². The summed E-state index contributed by atoms with van der Waals surface area (Å²) < 4.78 is 36.9. The normalized spacial score (nSPS) is 16.5. The van der Waals surface area contributed by atoms with Crippen molar-refractivity contribution in [2.75, 3.05) is 29.0 Å². The zero-order valence-electron chi connectivity index (χ0n) is 15.5. The van der Waals surface area contributed by atoms with E-state index >= 15 is 0 Å². The first kappa shape index (κ1) is 20.3. The highest BCUT2D eigenvalue weighted by Gasteiger charge is 2.31. The van der Waals surface area contributed by atoms with Gasteiger partial charge in [0.05, 0.1) is 18.6 Å². The number of anilines is 2. The maximum absolute atomic E-state index is 12.8. The second-order valence-corrected chi connectivity index (χ2v) is 8.64. The van der Waals surface area contributed by atoms with Crippen LogP contribution in [0.5, 0.6) is 11.5 Å². The number of nitrogens with zero attached hydrogens (tertiary/aromatic N) is 1. The van der Waals surface area contributed by atoms with E-state index in [1.54, 1.807) is 36.4 Å². The highest BCUT2D eigenvalue weighted by atomic mass is 35.5. The first-order valence-corrected chi connectivity index (χ1v) is 11.0. The summed E-state index contributed by atoms with van der Waals surface area (Å²) in [5.74, 6) is 0.561. The Bertz CT molecular complexity index is 980. The molecule has 28 heavy (non-hydrogen) atoms. The molecule has 1 aliphatic heterocycles. The summed E-state index contributed by atoms with van der Waals surface area (Å²) in [6.07, 6.45) is 0.440. The van der Waals surface area contributed by atoms with Crippen molar-refractivity contribution in [2.45, 2.75) is 19.4 Å². The van der Waals surface area contributed by atoms with Gasteiger partial charge in [0, 0.05) is 29.7 Å². The van der Waals surface area contributed by atoms with E-state index in [4.69, 9.17) is 21.1 Å². The molecular weight excluding hydrogens is 404 g/mol. The van der Waals surface area contributed by atoms with Crippen LogP contribution in [0.4, 0.5) is 11.4 Å². The maximum atomic E-state index is 12.8. The lowest BCUT2D eigenvalue weighted by molar-refractivity contribution is -0.122. The molecule has 1 heterocycles. The zero-order valence-corrected chi connectivity index (χ0v) is 17.1. The summed E-state index contributed by atoms with van der Waals surface area (Å²) in [6.45, 7) is 2.49. The molecule has 3 rings (SSSR count). The number of nitrogens with one attached hydrogen (secondary N) is 1. The largest absolute Gasteiger partial charge is 0.494 e. The molecule has 0 aliphatic carbocycles. The summed E-state index contributed by atoms with van der Waals surface area (Å²) in [5.41, 5.74) is 0.892. The van der Waals surface area contributed by atoms with E-state index < -0.39 is 16.1 Å². The molecule has 0 saturated carbocycles. The SMILES string of the molecule is CCOc1cccc(NC(=O)C2CCN(S(C)(=O)=O)c3cc(Cl)ccc3O2)c1. The Kier molecular flexibility index (Phi) is 6.00. The van der Waals surface area contributed by atoms with Crippen molar-refractivity contribution in [3.05, 3.63) is 47.5 Å². The van der Waals surface area contributed by atoms with Crippen LogP contribution in [0.1, 0.15) is 13.3 Å². The third kappa shape index (κ3) is 4.69. The second kappa shape index (κ2) is 8.28. The van der Waals surface area contributed by atoms with Crippen molar-refractivity contribution in [3.8, 4) is 11.5 Å². The lowest BCUT2D eigenvalue weighted by atomic mass is 10.2. The molecule has 1 aliphatic rings. The van der Waals surface area contributed by atoms with E-state index in [1.807, 2.05) is 6.92 Å². The number of fused-ring (bicyclic) bond motifs is 1. The Morgan fingerprint density at radius 1 is 1.32 bits per heavy atom. The second-order valence-electron chi connectivity index (χ2n) is 6.29. The summed E-state index contributed by atoms with van der Waals surface area (Å²) in [7, 11) is -3.55.